The maximum Gasteiger partial charge on any atom is 0.129 e. The molecule has 1 aliphatic rings. The van der Waals surface area contributed by atoms with Crippen molar-refractivity contribution in [1.29, 1.82) is 5.26 Å². The lowest BCUT2D eigenvalue weighted by Crippen LogP contribution is -2.43. The molecule has 1 aliphatic heterocycles. The Kier molecular flexibility index (Phi) is 3.41. The molecule has 0 aliphatic carbocycles. The van der Waals surface area contributed by atoms with Crippen LogP contribution in [0.3, 0.4) is 0 Å². The molecular weight excluding hydrogens is 217 g/mol. The summed E-state index contributed by atoms with van der Waals surface area (Å²) in [5.74, 6) is -0.314. The monoisotopic (exact) mass is 233 g/mol. The minimum absolute atomic E-state index is 0.0420. The number of nitriles is 1. The first-order valence-corrected chi connectivity index (χ1v) is 5.77. The highest BCUT2D eigenvalue weighted by atomic mass is 19.1. The van der Waals surface area contributed by atoms with E-state index < -0.39 is 0 Å². The van der Waals surface area contributed by atoms with Crippen molar-refractivity contribution in [2.24, 2.45) is 0 Å². The highest BCUT2D eigenvalue weighted by molar-refractivity contribution is 5.32. The van der Waals surface area contributed by atoms with E-state index in [4.69, 9.17) is 5.26 Å². The van der Waals surface area contributed by atoms with Crippen molar-refractivity contribution < 1.29 is 4.39 Å². The van der Waals surface area contributed by atoms with Gasteiger partial charge in [0.1, 0.15) is 5.82 Å². The van der Waals surface area contributed by atoms with E-state index in [2.05, 4.69) is 17.6 Å². The first kappa shape index (κ1) is 12.0. The summed E-state index contributed by atoms with van der Waals surface area (Å²) in [6.45, 7) is 4.54. The van der Waals surface area contributed by atoms with Gasteiger partial charge in [-0.15, -0.1) is 0 Å². The van der Waals surface area contributed by atoms with Crippen LogP contribution in [0.15, 0.2) is 18.2 Å². The Balaban J connectivity index is 2.02. The smallest absolute Gasteiger partial charge is 0.129 e. The van der Waals surface area contributed by atoms with Crippen molar-refractivity contribution in [3.05, 3.63) is 35.1 Å². The number of rotatable bonds is 3. The van der Waals surface area contributed by atoms with E-state index in [0.717, 1.165) is 19.5 Å². The zero-order chi connectivity index (χ0) is 12.3. The molecule has 17 heavy (non-hydrogen) atoms. The zero-order valence-corrected chi connectivity index (χ0v) is 9.89. The summed E-state index contributed by atoms with van der Waals surface area (Å²) >= 11 is 0. The van der Waals surface area contributed by atoms with Gasteiger partial charge >= 0.3 is 0 Å². The topological polar surface area (TPSA) is 47.9 Å². The van der Waals surface area contributed by atoms with Crippen molar-refractivity contribution in [1.82, 2.24) is 10.6 Å². The summed E-state index contributed by atoms with van der Waals surface area (Å²) in [5, 5.41) is 15.3. The Labute approximate surface area is 101 Å². The molecule has 0 aromatic heterocycles. The summed E-state index contributed by atoms with van der Waals surface area (Å²) in [6, 6.07) is 6.53. The summed E-state index contributed by atoms with van der Waals surface area (Å²) in [7, 11) is 0. The molecule has 4 heteroatoms. The maximum atomic E-state index is 13.6. The fourth-order valence-corrected chi connectivity index (χ4v) is 2.04. The van der Waals surface area contributed by atoms with E-state index >= 15 is 0 Å². The predicted octanol–water partition coefficient (Wildman–Crippen LogP) is 1.54. The third-order valence-electron chi connectivity index (χ3n) is 3.26. The van der Waals surface area contributed by atoms with Crippen molar-refractivity contribution in [3.63, 3.8) is 0 Å². The fraction of sp³-hybridized carbons (Fsp3) is 0.462. The van der Waals surface area contributed by atoms with Crippen LogP contribution < -0.4 is 10.6 Å². The third-order valence-corrected chi connectivity index (χ3v) is 3.26. The number of nitrogens with one attached hydrogen (secondary N) is 2. The molecule has 1 unspecified atom stereocenters. The minimum atomic E-state index is -0.314. The molecule has 0 radical (unpaired) electrons. The van der Waals surface area contributed by atoms with Gasteiger partial charge in [-0.25, -0.2) is 4.39 Å². The van der Waals surface area contributed by atoms with Crippen LogP contribution in [-0.4, -0.2) is 18.6 Å². The van der Waals surface area contributed by atoms with Gasteiger partial charge in [-0.2, -0.15) is 5.26 Å². The van der Waals surface area contributed by atoms with Gasteiger partial charge < -0.3 is 10.6 Å². The molecule has 1 atom stereocenters. The van der Waals surface area contributed by atoms with E-state index in [1.165, 1.54) is 6.07 Å². The van der Waals surface area contributed by atoms with Gasteiger partial charge in [0, 0.05) is 24.2 Å². The minimum Gasteiger partial charge on any atom is -0.315 e. The summed E-state index contributed by atoms with van der Waals surface area (Å²) in [5.41, 5.74) is 1.01. The van der Waals surface area contributed by atoms with Crippen LogP contribution in [0.25, 0.3) is 0 Å². The van der Waals surface area contributed by atoms with Crippen LogP contribution in [0, 0.1) is 17.1 Å². The molecule has 1 aromatic carbocycles. The van der Waals surface area contributed by atoms with Crippen molar-refractivity contribution >= 4 is 0 Å². The Morgan fingerprint density at radius 2 is 2.41 bits per heavy atom. The molecule has 2 N–H and O–H groups in total. The summed E-state index contributed by atoms with van der Waals surface area (Å²) in [6.07, 6.45) is 1.05. The van der Waals surface area contributed by atoms with Crippen molar-refractivity contribution in [2.45, 2.75) is 25.4 Å². The van der Waals surface area contributed by atoms with E-state index in [-0.39, 0.29) is 11.4 Å². The van der Waals surface area contributed by atoms with E-state index in [9.17, 15) is 4.39 Å². The number of hydrogen-bond acceptors (Lipinski definition) is 3. The number of hydrogen-bond donors (Lipinski definition) is 2. The van der Waals surface area contributed by atoms with Gasteiger partial charge in [-0.3, -0.25) is 0 Å². The highest BCUT2D eigenvalue weighted by Crippen LogP contribution is 2.16. The first-order chi connectivity index (χ1) is 8.13. The molecule has 90 valence electrons. The Morgan fingerprint density at radius 1 is 1.59 bits per heavy atom. The highest BCUT2D eigenvalue weighted by Gasteiger charge is 2.27. The van der Waals surface area contributed by atoms with Crippen LogP contribution in [0.2, 0.25) is 0 Å². The first-order valence-electron chi connectivity index (χ1n) is 5.77. The quantitative estimate of drug-likeness (QED) is 0.832. The number of halogens is 1. The summed E-state index contributed by atoms with van der Waals surface area (Å²) in [4.78, 5) is 0. The van der Waals surface area contributed by atoms with Crippen LogP contribution in [-0.2, 0) is 6.54 Å². The molecule has 3 nitrogen and oxygen atoms in total. The van der Waals surface area contributed by atoms with E-state index in [1.54, 1.807) is 12.1 Å². The number of benzene rings is 1. The Morgan fingerprint density at radius 3 is 3.00 bits per heavy atom. The third kappa shape index (κ3) is 2.82. The average molecular weight is 233 g/mol. The fourth-order valence-electron chi connectivity index (χ4n) is 2.04. The lowest BCUT2D eigenvalue weighted by molar-refractivity contribution is 0.382. The summed E-state index contributed by atoms with van der Waals surface area (Å²) < 4.78 is 13.6. The standard InChI is InChI=1S/C13H16FN3/c1-13(4-5-16-9-13)17-8-11-3-2-10(7-15)6-12(11)14/h2-3,6,16-17H,4-5,8-9H2,1H3. The van der Waals surface area contributed by atoms with Gasteiger partial charge in [0.2, 0.25) is 0 Å². The van der Waals surface area contributed by atoms with Crippen LogP contribution in [0.4, 0.5) is 4.39 Å². The molecular formula is C13H16FN3. The van der Waals surface area contributed by atoms with Crippen LogP contribution >= 0.6 is 0 Å². The molecule has 1 fully saturated rings. The van der Waals surface area contributed by atoms with Gasteiger partial charge in [0.15, 0.2) is 0 Å². The normalized spacial score (nSPS) is 23.6. The molecule has 1 heterocycles. The Bertz CT molecular complexity index is 444. The molecule has 0 saturated carbocycles. The predicted molar refractivity (Wildman–Crippen MR) is 63.8 cm³/mol. The van der Waals surface area contributed by atoms with Gasteiger partial charge in [0.25, 0.3) is 0 Å². The lowest BCUT2D eigenvalue weighted by Gasteiger charge is -2.24. The zero-order valence-electron chi connectivity index (χ0n) is 9.89. The molecule has 0 bridgehead atoms. The molecule has 0 spiro atoms. The molecule has 1 aromatic rings. The van der Waals surface area contributed by atoms with Crippen molar-refractivity contribution in [3.8, 4) is 6.07 Å². The molecule has 0 amide bonds. The van der Waals surface area contributed by atoms with E-state index in [1.807, 2.05) is 6.07 Å². The van der Waals surface area contributed by atoms with Crippen LogP contribution in [0.1, 0.15) is 24.5 Å². The van der Waals surface area contributed by atoms with Crippen LogP contribution in [0.5, 0.6) is 0 Å². The second kappa shape index (κ2) is 4.82. The molecule has 2 rings (SSSR count). The van der Waals surface area contributed by atoms with Crippen molar-refractivity contribution in [2.75, 3.05) is 13.1 Å². The lowest BCUT2D eigenvalue weighted by atomic mass is 10.0. The number of nitrogens with zero attached hydrogens (tertiary/aromatic N) is 1. The van der Waals surface area contributed by atoms with Gasteiger partial charge in [0.05, 0.1) is 11.6 Å². The van der Waals surface area contributed by atoms with Gasteiger partial charge in [-0.1, -0.05) is 6.07 Å². The average Bonchev–Trinajstić information content (AvgIpc) is 2.75. The molecule has 1 saturated heterocycles. The second-order valence-corrected chi connectivity index (χ2v) is 4.76. The SMILES string of the molecule is CC1(NCc2ccc(C#N)cc2F)CCNC1. The Hall–Kier alpha value is -1.44. The second-order valence-electron chi connectivity index (χ2n) is 4.76. The maximum absolute atomic E-state index is 13.6. The largest absolute Gasteiger partial charge is 0.315 e. The van der Waals surface area contributed by atoms with E-state index in [0.29, 0.717) is 17.7 Å². The van der Waals surface area contributed by atoms with Gasteiger partial charge in [-0.05, 0) is 32.0 Å².